The topological polar surface area (TPSA) is 136 Å². The first-order chi connectivity index (χ1) is 12.5. The van der Waals surface area contributed by atoms with Crippen LogP contribution in [0.15, 0.2) is 36.5 Å². The number of aromatic carboxylic acids is 1. The van der Waals surface area contributed by atoms with Crippen LogP contribution in [0, 0.1) is 0 Å². The van der Waals surface area contributed by atoms with Crippen LogP contribution in [0.2, 0.25) is 0 Å². The first kappa shape index (κ1) is 17.0. The molecule has 0 unspecified atom stereocenters. The number of rotatable bonds is 5. The molecule has 0 aliphatic heterocycles. The van der Waals surface area contributed by atoms with Crippen LogP contribution in [-0.2, 0) is 11.3 Å². The molecule has 3 rings (SSSR count). The molecule has 132 valence electrons. The number of nitrogens with zero attached hydrogens (tertiary/aromatic N) is 4. The lowest BCUT2D eigenvalue weighted by Crippen LogP contribution is -2.25. The first-order valence-electron chi connectivity index (χ1n) is 7.40. The minimum absolute atomic E-state index is 0.0663. The Labute approximate surface area is 146 Å². The fourth-order valence-corrected chi connectivity index (χ4v) is 2.24. The molecule has 2 aromatic heterocycles. The highest BCUT2D eigenvalue weighted by molar-refractivity contribution is 5.96. The van der Waals surface area contributed by atoms with E-state index in [1.54, 1.807) is 24.3 Å². The van der Waals surface area contributed by atoms with Crippen LogP contribution in [0.1, 0.15) is 36.9 Å². The molecule has 2 heterocycles. The van der Waals surface area contributed by atoms with Crippen molar-refractivity contribution in [2.24, 2.45) is 0 Å². The van der Waals surface area contributed by atoms with Crippen molar-refractivity contribution in [3.8, 4) is 0 Å². The SMILES string of the molecule is COC(=O)c1ccc(CNC(=O)c2cc(C(=O)O)n3nncc3n2)cc1. The van der Waals surface area contributed by atoms with Gasteiger partial charge in [-0.3, -0.25) is 4.79 Å². The van der Waals surface area contributed by atoms with E-state index in [0.717, 1.165) is 16.1 Å². The molecule has 10 nitrogen and oxygen atoms in total. The Bertz CT molecular complexity index is 996. The van der Waals surface area contributed by atoms with Gasteiger partial charge in [-0.1, -0.05) is 17.3 Å². The third-order valence-electron chi connectivity index (χ3n) is 3.55. The van der Waals surface area contributed by atoms with Gasteiger partial charge in [-0.15, -0.1) is 5.10 Å². The summed E-state index contributed by atoms with van der Waals surface area (Å²) in [6.07, 6.45) is 1.26. The van der Waals surface area contributed by atoms with Gasteiger partial charge in [0.15, 0.2) is 11.3 Å². The fraction of sp³-hybridized carbons (Fsp3) is 0.125. The summed E-state index contributed by atoms with van der Waals surface area (Å²) in [5.41, 5.74) is 1.01. The van der Waals surface area contributed by atoms with E-state index in [9.17, 15) is 19.5 Å². The number of amides is 1. The quantitative estimate of drug-likeness (QED) is 0.633. The summed E-state index contributed by atoms with van der Waals surface area (Å²) in [6, 6.07) is 7.63. The number of carbonyl (C=O) groups excluding carboxylic acids is 2. The molecule has 3 aromatic rings. The van der Waals surface area contributed by atoms with Crippen molar-refractivity contribution in [2.45, 2.75) is 6.54 Å². The summed E-state index contributed by atoms with van der Waals surface area (Å²) in [5.74, 6) is -2.25. The number of carbonyl (C=O) groups is 3. The molecule has 0 spiro atoms. The average molecular weight is 355 g/mol. The average Bonchev–Trinajstić information content (AvgIpc) is 3.13. The van der Waals surface area contributed by atoms with Crippen molar-refractivity contribution in [3.63, 3.8) is 0 Å². The molecule has 0 radical (unpaired) electrons. The van der Waals surface area contributed by atoms with E-state index in [2.05, 4.69) is 25.3 Å². The summed E-state index contributed by atoms with van der Waals surface area (Å²) in [5, 5.41) is 19.1. The van der Waals surface area contributed by atoms with Crippen molar-refractivity contribution in [1.82, 2.24) is 25.1 Å². The largest absolute Gasteiger partial charge is 0.477 e. The number of carboxylic acids is 1. The number of methoxy groups -OCH3 is 1. The maximum atomic E-state index is 12.3. The molecule has 0 fully saturated rings. The number of fused-ring (bicyclic) bond motifs is 1. The molecule has 1 amide bonds. The van der Waals surface area contributed by atoms with E-state index in [1.165, 1.54) is 13.3 Å². The van der Waals surface area contributed by atoms with Gasteiger partial charge < -0.3 is 15.2 Å². The van der Waals surface area contributed by atoms with Crippen LogP contribution >= 0.6 is 0 Å². The lowest BCUT2D eigenvalue weighted by Gasteiger charge is -2.07. The normalized spacial score (nSPS) is 10.5. The maximum Gasteiger partial charge on any atom is 0.354 e. The Morgan fingerprint density at radius 3 is 2.62 bits per heavy atom. The highest BCUT2D eigenvalue weighted by Gasteiger charge is 2.17. The Morgan fingerprint density at radius 1 is 1.23 bits per heavy atom. The minimum atomic E-state index is -1.25. The lowest BCUT2D eigenvalue weighted by atomic mass is 10.1. The Hall–Kier alpha value is -3.82. The highest BCUT2D eigenvalue weighted by Crippen LogP contribution is 2.08. The second kappa shape index (κ2) is 6.97. The van der Waals surface area contributed by atoms with E-state index in [0.29, 0.717) is 5.56 Å². The Kier molecular flexibility index (Phi) is 4.56. The van der Waals surface area contributed by atoms with E-state index in [-0.39, 0.29) is 23.6 Å². The van der Waals surface area contributed by atoms with Crippen molar-refractivity contribution < 1.29 is 24.2 Å². The molecule has 0 bridgehead atoms. The molecule has 10 heteroatoms. The van der Waals surface area contributed by atoms with Crippen LogP contribution in [-0.4, -0.2) is 49.9 Å². The third-order valence-corrected chi connectivity index (χ3v) is 3.55. The molecule has 26 heavy (non-hydrogen) atoms. The van der Waals surface area contributed by atoms with E-state index in [4.69, 9.17) is 0 Å². The zero-order chi connectivity index (χ0) is 18.7. The van der Waals surface area contributed by atoms with Crippen LogP contribution in [0.25, 0.3) is 5.65 Å². The molecule has 0 aliphatic rings. The molecule has 0 atom stereocenters. The fourth-order valence-electron chi connectivity index (χ4n) is 2.24. The molecule has 2 N–H and O–H groups in total. The zero-order valence-corrected chi connectivity index (χ0v) is 13.5. The standard InChI is InChI=1S/C16H13N5O5/c1-26-16(25)10-4-2-9(3-5-10)7-17-14(22)11-6-12(15(23)24)21-13(19-11)8-18-20-21/h2-6,8H,7H2,1H3,(H,17,22)(H,23,24). The summed E-state index contributed by atoms with van der Waals surface area (Å²) < 4.78 is 5.65. The van der Waals surface area contributed by atoms with Gasteiger partial charge in [-0.05, 0) is 17.7 Å². The second-order valence-electron chi connectivity index (χ2n) is 5.21. The number of aromatic nitrogens is 4. The Morgan fingerprint density at radius 2 is 1.96 bits per heavy atom. The lowest BCUT2D eigenvalue weighted by molar-refractivity contribution is 0.0599. The van der Waals surface area contributed by atoms with Crippen molar-refractivity contribution >= 4 is 23.5 Å². The number of hydrogen-bond donors (Lipinski definition) is 2. The van der Waals surface area contributed by atoms with Crippen LogP contribution in [0.5, 0.6) is 0 Å². The number of ether oxygens (including phenoxy) is 1. The second-order valence-corrected chi connectivity index (χ2v) is 5.21. The Balaban J connectivity index is 1.75. The zero-order valence-electron chi connectivity index (χ0n) is 13.5. The van der Waals surface area contributed by atoms with Gasteiger partial charge in [-0.25, -0.2) is 14.6 Å². The summed E-state index contributed by atoms with van der Waals surface area (Å²) in [7, 11) is 1.29. The minimum Gasteiger partial charge on any atom is -0.477 e. The van der Waals surface area contributed by atoms with Crippen molar-refractivity contribution in [3.05, 3.63) is 59.0 Å². The van der Waals surface area contributed by atoms with Gasteiger partial charge in [0.25, 0.3) is 5.91 Å². The van der Waals surface area contributed by atoms with Crippen LogP contribution in [0.4, 0.5) is 0 Å². The smallest absolute Gasteiger partial charge is 0.354 e. The molecule has 0 aliphatic carbocycles. The number of nitrogens with one attached hydrogen (secondary N) is 1. The summed E-state index contributed by atoms with van der Waals surface area (Å²) in [4.78, 5) is 39.0. The number of hydrogen-bond acceptors (Lipinski definition) is 7. The molecular formula is C16H13N5O5. The van der Waals surface area contributed by atoms with Gasteiger partial charge in [-0.2, -0.15) is 4.52 Å². The number of esters is 1. The molecule has 0 saturated carbocycles. The highest BCUT2D eigenvalue weighted by atomic mass is 16.5. The first-order valence-corrected chi connectivity index (χ1v) is 7.40. The van der Waals surface area contributed by atoms with E-state index in [1.807, 2.05) is 0 Å². The van der Waals surface area contributed by atoms with Crippen LogP contribution in [0.3, 0.4) is 0 Å². The molecular weight excluding hydrogens is 342 g/mol. The number of carboxylic acid groups (broad SMARTS) is 1. The summed E-state index contributed by atoms with van der Waals surface area (Å²) in [6.45, 7) is 0.174. The van der Waals surface area contributed by atoms with E-state index < -0.39 is 17.8 Å². The predicted molar refractivity (Wildman–Crippen MR) is 86.7 cm³/mol. The van der Waals surface area contributed by atoms with E-state index >= 15 is 0 Å². The van der Waals surface area contributed by atoms with Gasteiger partial charge in [0, 0.05) is 12.6 Å². The van der Waals surface area contributed by atoms with Gasteiger partial charge in [0.1, 0.15) is 5.69 Å². The molecule has 0 saturated heterocycles. The monoisotopic (exact) mass is 355 g/mol. The maximum absolute atomic E-state index is 12.3. The third kappa shape index (κ3) is 3.34. The van der Waals surface area contributed by atoms with Gasteiger partial charge in [0.05, 0.1) is 18.9 Å². The number of benzene rings is 1. The van der Waals surface area contributed by atoms with Crippen molar-refractivity contribution in [2.75, 3.05) is 7.11 Å². The molecule has 1 aromatic carbocycles. The van der Waals surface area contributed by atoms with Gasteiger partial charge in [0.2, 0.25) is 0 Å². The van der Waals surface area contributed by atoms with Crippen molar-refractivity contribution in [1.29, 1.82) is 0 Å². The summed E-state index contributed by atoms with van der Waals surface area (Å²) >= 11 is 0. The predicted octanol–water partition coefficient (Wildman–Crippen LogP) is 0.539. The van der Waals surface area contributed by atoms with Crippen LogP contribution < -0.4 is 5.32 Å². The van der Waals surface area contributed by atoms with Gasteiger partial charge >= 0.3 is 11.9 Å².